The van der Waals surface area contributed by atoms with E-state index in [-0.39, 0.29) is 35.1 Å². The molecule has 2 aliphatic heterocycles. The van der Waals surface area contributed by atoms with E-state index in [1.54, 1.807) is 11.0 Å². The van der Waals surface area contributed by atoms with Gasteiger partial charge in [-0.05, 0) is 26.0 Å². The molecule has 8 heteroatoms. The van der Waals surface area contributed by atoms with Gasteiger partial charge in [0.05, 0.1) is 23.9 Å². The Balaban J connectivity index is 1.67. The van der Waals surface area contributed by atoms with E-state index in [0.29, 0.717) is 31.3 Å². The molecule has 2 unspecified atom stereocenters. The number of carbonyl (C=O) groups is 1. The van der Waals surface area contributed by atoms with Crippen molar-refractivity contribution in [2.75, 3.05) is 32.1 Å². The zero-order valence-electron chi connectivity index (χ0n) is 15.2. The van der Waals surface area contributed by atoms with Crippen molar-refractivity contribution < 1.29 is 22.7 Å². The van der Waals surface area contributed by atoms with Gasteiger partial charge >= 0.3 is 0 Å². The Labute approximate surface area is 154 Å². The standard InChI is InChI=1S/C18H26N2O5S/c1-13-14(2)20(8-7-19-13)18(21)6-11-26(22,23)15-4-5-16-17(12-15)25-10-3-9-24-16/h4-5,12-14,19H,3,6-11H2,1-2H3. The highest BCUT2D eigenvalue weighted by atomic mass is 32.2. The molecule has 1 saturated heterocycles. The number of sulfone groups is 1. The van der Waals surface area contributed by atoms with Gasteiger partial charge in [0, 0.05) is 44.1 Å². The first-order chi connectivity index (χ1) is 12.4. The van der Waals surface area contributed by atoms with Crippen molar-refractivity contribution in [2.45, 2.75) is 43.7 Å². The fourth-order valence-corrected chi connectivity index (χ4v) is 4.47. The van der Waals surface area contributed by atoms with Gasteiger partial charge in [0.1, 0.15) is 0 Å². The SMILES string of the molecule is CC1NCCN(C(=O)CCS(=O)(=O)c2ccc3c(c2)OCCCO3)C1C. The van der Waals surface area contributed by atoms with Crippen LogP contribution >= 0.6 is 0 Å². The van der Waals surface area contributed by atoms with Crippen molar-refractivity contribution >= 4 is 15.7 Å². The average molecular weight is 382 g/mol. The lowest BCUT2D eigenvalue weighted by Crippen LogP contribution is -2.57. The maximum atomic E-state index is 12.7. The highest BCUT2D eigenvalue weighted by Crippen LogP contribution is 2.32. The van der Waals surface area contributed by atoms with Crippen LogP contribution < -0.4 is 14.8 Å². The molecule has 2 heterocycles. The van der Waals surface area contributed by atoms with Crippen LogP contribution in [0.2, 0.25) is 0 Å². The van der Waals surface area contributed by atoms with E-state index < -0.39 is 9.84 Å². The number of benzene rings is 1. The molecule has 0 aromatic heterocycles. The summed E-state index contributed by atoms with van der Waals surface area (Å²) in [6.07, 6.45) is 0.737. The van der Waals surface area contributed by atoms with Crippen molar-refractivity contribution in [2.24, 2.45) is 0 Å². The number of hydrogen-bond acceptors (Lipinski definition) is 6. The van der Waals surface area contributed by atoms with Gasteiger partial charge < -0.3 is 19.7 Å². The molecule has 0 saturated carbocycles. The summed E-state index contributed by atoms with van der Waals surface area (Å²) in [5.74, 6) is 0.667. The number of nitrogens with one attached hydrogen (secondary N) is 1. The molecule has 0 aliphatic carbocycles. The number of rotatable bonds is 4. The molecule has 3 rings (SSSR count). The lowest BCUT2D eigenvalue weighted by molar-refractivity contribution is -0.134. The molecular weight excluding hydrogens is 356 g/mol. The van der Waals surface area contributed by atoms with Crippen LogP contribution in [0.3, 0.4) is 0 Å². The number of piperazine rings is 1. The fraction of sp³-hybridized carbons (Fsp3) is 0.611. The Kier molecular flexibility index (Phi) is 5.72. The monoisotopic (exact) mass is 382 g/mol. The van der Waals surface area contributed by atoms with Crippen LogP contribution in [0.25, 0.3) is 0 Å². The summed E-state index contributed by atoms with van der Waals surface area (Å²) in [6, 6.07) is 4.89. The van der Waals surface area contributed by atoms with E-state index in [0.717, 1.165) is 13.0 Å². The second kappa shape index (κ2) is 7.84. The Hall–Kier alpha value is -1.80. The summed E-state index contributed by atoms with van der Waals surface area (Å²) < 4.78 is 36.4. The lowest BCUT2D eigenvalue weighted by atomic mass is 10.1. The Morgan fingerprint density at radius 2 is 1.96 bits per heavy atom. The van der Waals surface area contributed by atoms with E-state index in [9.17, 15) is 13.2 Å². The molecule has 2 atom stereocenters. The Morgan fingerprint density at radius 1 is 1.23 bits per heavy atom. The van der Waals surface area contributed by atoms with Gasteiger partial charge in [-0.15, -0.1) is 0 Å². The molecule has 26 heavy (non-hydrogen) atoms. The quantitative estimate of drug-likeness (QED) is 0.843. The first-order valence-electron chi connectivity index (χ1n) is 9.04. The fourth-order valence-electron chi connectivity index (χ4n) is 3.23. The molecule has 1 aromatic carbocycles. The van der Waals surface area contributed by atoms with E-state index in [2.05, 4.69) is 5.32 Å². The Morgan fingerprint density at radius 3 is 2.73 bits per heavy atom. The average Bonchev–Trinajstić information content (AvgIpc) is 2.87. The van der Waals surface area contributed by atoms with E-state index in [1.165, 1.54) is 12.1 Å². The van der Waals surface area contributed by atoms with E-state index >= 15 is 0 Å². The molecule has 0 bridgehead atoms. The van der Waals surface area contributed by atoms with Crippen LogP contribution in [-0.4, -0.2) is 63.4 Å². The number of amides is 1. The lowest BCUT2D eigenvalue weighted by Gasteiger charge is -2.38. The first kappa shape index (κ1) is 19.0. The molecule has 1 fully saturated rings. The minimum atomic E-state index is -3.57. The topological polar surface area (TPSA) is 84.9 Å². The maximum Gasteiger partial charge on any atom is 0.223 e. The second-order valence-electron chi connectivity index (χ2n) is 6.80. The van der Waals surface area contributed by atoms with E-state index in [1.807, 2.05) is 13.8 Å². The zero-order valence-corrected chi connectivity index (χ0v) is 16.0. The molecular formula is C18H26N2O5S. The minimum Gasteiger partial charge on any atom is -0.490 e. The van der Waals surface area contributed by atoms with Gasteiger partial charge in [-0.1, -0.05) is 0 Å². The molecule has 1 amide bonds. The molecule has 1 aromatic rings. The molecule has 144 valence electrons. The largest absolute Gasteiger partial charge is 0.490 e. The predicted octanol–water partition coefficient (Wildman–Crippen LogP) is 1.22. The van der Waals surface area contributed by atoms with Crippen LogP contribution in [0, 0.1) is 0 Å². The number of hydrogen-bond donors (Lipinski definition) is 1. The summed E-state index contributed by atoms with van der Waals surface area (Å²) in [7, 11) is -3.57. The van der Waals surface area contributed by atoms with Crippen molar-refractivity contribution in [1.29, 1.82) is 0 Å². The third kappa shape index (κ3) is 4.12. The molecule has 2 aliphatic rings. The second-order valence-corrected chi connectivity index (χ2v) is 8.91. The van der Waals surface area contributed by atoms with Crippen molar-refractivity contribution in [1.82, 2.24) is 10.2 Å². The van der Waals surface area contributed by atoms with Gasteiger partial charge in [0.25, 0.3) is 0 Å². The molecule has 0 radical (unpaired) electrons. The van der Waals surface area contributed by atoms with Gasteiger partial charge in [0.15, 0.2) is 21.3 Å². The number of fused-ring (bicyclic) bond motifs is 1. The third-order valence-electron chi connectivity index (χ3n) is 5.02. The van der Waals surface area contributed by atoms with Gasteiger partial charge in [-0.3, -0.25) is 4.79 Å². The van der Waals surface area contributed by atoms with E-state index in [4.69, 9.17) is 9.47 Å². The summed E-state index contributed by atoms with van der Waals surface area (Å²) in [5, 5.41) is 3.31. The van der Waals surface area contributed by atoms with Crippen LogP contribution in [0.5, 0.6) is 11.5 Å². The number of ether oxygens (including phenoxy) is 2. The van der Waals surface area contributed by atoms with Gasteiger partial charge in [0.2, 0.25) is 5.91 Å². The normalized spacial score (nSPS) is 23.4. The smallest absolute Gasteiger partial charge is 0.223 e. The third-order valence-corrected chi connectivity index (χ3v) is 6.73. The van der Waals surface area contributed by atoms with Crippen LogP contribution in [0.1, 0.15) is 26.7 Å². The highest BCUT2D eigenvalue weighted by Gasteiger charge is 2.29. The highest BCUT2D eigenvalue weighted by molar-refractivity contribution is 7.91. The van der Waals surface area contributed by atoms with Crippen LogP contribution in [0.15, 0.2) is 23.1 Å². The summed E-state index contributed by atoms with van der Waals surface area (Å²) in [4.78, 5) is 14.4. The van der Waals surface area contributed by atoms with Crippen molar-refractivity contribution in [3.63, 3.8) is 0 Å². The molecule has 7 nitrogen and oxygen atoms in total. The summed E-state index contributed by atoms with van der Waals surface area (Å²) in [5.41, 5.74) is 0. The first-order valence-corrected chi connectivity index (χ1v) is 10.7. The van der Waals surface area contributed by atoms with Crippen LogP contribution in [0.4, 0.5) is 0 Å². The van der Waals surface area contributed by atoms with Crippen molar-refractivity contribution in [3.8, 4) is 11.5 Å². The molecule has 1 N–H and O–H groups in total. The van der Waals surface area contributed by atoms with Crippen LogP contribution in [-0.2, 0) is 14.6 Å². The molecule has 0 spiro atoms. The number of nitrogens with zero attached hydrogens (tertiary/aromatic N) is 1. The maximum absolute atomic E-state index is 12.7. The summed E-state index contributed by atoms with van der Waals surface area (Å²) >= 11 is 0. The van der Waals surface area contributed by atoms with Gasteiger partial charge in [-0.2, -0.15) is 0 Å². The predicted molar refractivity (Wildman–Crippen MR) is 97.4 cm³/mol. The number of carbonyl (C=O) groups excluding carboxylic acids is 1. The van der Waals surface area contributed by atoms with Gasteiger partial charge in [-0.25, -0.2) is 8.42 Å². The summed E-state index contributed by atoms with van der Waals surface area (Å²) in [6.45, 7) is 6.38. The minimum absolute atomic E-state index is 0.0200. The Bertz CT molecular complexity index is 765. The van der Waals surface area contributed by atoms with Crippen molar-refractivity contribution in [3.05, 3.63) is 18.2 Å². The zero-order chi connectivity index (χ0) is 18.7.